The topological polar surface area (TPSA) is 156 Å². The van der Waals surface area contributed by atoms with Gasteiger partial charge in [-0.05, 0) is 67.5 Å². The molecular weight excluding hydrogens is 665 g/mol. The Balaban J connectivity index is 1.40. The average Bonchev–Trinajstić information content (AvgIpc) is 3.39. The first-order chi connectivity index (χ1) is 24.3. The number of hydrogen-bond acceptors (Lipinski definition) is 8. The van der Waals surface area contributed by atoms with Gasteiger partial charge in [0.25, 0.3) is 5.91 Å². The monoisotopic (exact) mass is 706 g/mol. The number of nitrogens with two attached hydrogens (primary N) is 1. The third-order valence-electron chi connectivity index (χ3n) is 9.33. The van der Waals surface area contributed by atoms with E-state index in [2.05, 4.69) is 17.2 Å². The van der Waals surface area contributed by atoms with Gasteiger partial charge < -0.3 is 20.9 Å². The number of carbonyl (C=O) groups excluding carboxylic acids is 3. The first kappa shape index (κ1) is 35.5. The number of nitrogens with one attached hydrogen (secondary N) is 1. The van der Waals surface area contributed by atoms with Gasteiger partial charge in [-0.2, -0.15) is 0 Å². The standard InChI is InChI=1S/C39H42N6O5S/c1-26-23-39(2,3)45(24-26)38-36(37(40)48)31(22-30(41-38)29-16-11-19-44(25-29)35(47)21-28-14-8-5-9-15-28)51(49,50)34-18-10-17-32(43-34)42-33(46)20-27-12-6-4-7-13-27/h4-10,12-18,22,26H,11,19-21,23-25H2,1-3H3,(H2,40,48)(H,42,43,46)/t26-/m0/s1. The lowest BCUT2D eigenvalue weighted by Gasteiger charge is -2.35. The minimum absolute atomic E-state index is 0.0456. The number of carbonyl (C=O) groups is 3. The summed E-state index contributed by atoms with van der Waals surface area (Å²) in [5, 5.41) is 2.32. The molecule has 4 aromatic rings. The molecule has 51 heavy (non-hydrogen) atoms. The van der Waals surface area contributed by atoms with Crippen molar-refractivity contribution >= 4 is 44.8 Å². The van der Waals surface area contributed by atoms with Crippen LogP contribution in [0.4, 0.5) is 11.6 Å². The van der Waals surface area contributed by atoms with Crippen LogP contribution in [0.15, 0.2) is 101 Å². The number of benzene rings is 2. The highest BCUT2D eigenvalue weighted by Gasteiger charge is 2.41. The second kappa shape index (κ2) is 14.5. The van der Waals surface area contributed by atoms with E-state index in [0.29, 0.717) is 30.8 Å². The molecule has 11 nitrogen and oxygen atoms in total. The molecule has 0 aliphatic carbocycles. The number of anilines is 2. The molecule has 264 valence electrons. The lowest BCUT2D eigenvalue weighted by atomic mass is 9.97. The Hall–Kier alpha value is -5.36. The number of rotatable bonds is 10. The van der Waals surface area contributed by atoms with Crippen molar-refractivity contribution in [3.8, 4) is 0 Å². The van der Waals surface area contributed by atoms with Gasteiger partial charge in [-0.1, -0.05) is 79.7 Å². The molecule has 0 radical (unpaired) electrons. The summed E-state index contributed by atoms with van der Waals surface area (Å²) in [6.45, 7) is 7.40. The molecule has 2 aromatic carbocycles. The van der Waals surface area contributed by atoms with Crippen LogP contribution >= 0.6 is 0 Å². The first-order valence-corrected chi connectivity index (χ1v) is 18.5. The van der Waals surface area contributed by atoms with Crippen molar-refractivity contribution in [3.05, 3.63) is 113 Å². The molecule has 2 aliphatic rings. The quantitative estimate of drug-likeness (QED) is 0.232. The Kier molecular flexibility index (Phi) is 10.1. The number of amides is 3. The van der Waals surface area contributed by atoms with Crippen molar-refractivity contribution in [2.75, 3.05) is 29.9 Å². The van der Waals surface area contributed by atoms with Crippen LogP contribution in [-0.4, -0.2) is 66.2 Å². The number of pyridine rings is 2. The van der Waals surface area contributed by atoms with E-state index in [0.717, 1.165) is 17.5 Å². The van der Waals surface area contributed by atoms with Crippen LogP contribution in [-0.2, 0) is 32.3 Å². The van der Waals surface area contributed by atoms with Gasteiger partial charge in [-0.3, -0.25) is 14.4 Å². The van der Waals surface area contributed by atoms with Crippen LogP contribution in [0.25, 0.3) is 5.57 Å². The Morgan fingerprint density at radius 3 is 2.22 bits per heavy atom. The average molecular weight is 707 g/mol. The van der Waals surface area contributed by atoms with Crippen molar-refractivity contribution in [2.45, 2.75) is 61.9 Å². The highest BCUT2D eigenvalue weighted by Crippen LogP contribution is 2.41. The zero-order valence-electron chi connectivity index (χ0n) is 29.0. The van der Waals surface area contributed by atoms with Crippen molar-refractivity contribution in [2.24, 2.45) is 11.7 Å². The number of aromatic nitrogens is 2. The SMILES string of the molecule is C[C@@H]1CN(c2nc(C3=CCCN(C(=O)Cc4ccccc4)C3)cc(S(=O)(=O)c3cccc(NC(=O)Cc4ccccc4)n3)c2C(N)=O)C(C)(C)C1. The second-order valence-corrected chi connectivity index (χ2v) is 15.7. The molecule has 12 heteroatoms. The molecule has 3 amide bonds. The summed E-state index contributed by atoms with van der Waals surface area (Å²) in [6, 6.07) is 24.3. The summed E-state index contributed by atoms with van der Waals surface area (Å²) in [5.74, 6) is -0.904. The maximum Gasteiger partial charge on any atom is 0.253 e. The van der Waals surface area contributed by atoms with Crippen LogP contribution in [0.5, 0.6) is 0 Å². The van der Waals surface area contributed by atoms with E-state index >= 15 is 0 Å². The van der Waals surface area contributed by atoms with Gasteiger partial charge in [-0.25, -0.2) is 18.4 Å². The zero-order valence-corrected chi connectivity index (χ0v) is 29.8. The predicted molar refractivity (Wildman–Crippen MR) is 196 cm³/mol. The summed E-state index contributed by atoms with van der Waals surface area (Å²) in [7, 11) is -4.50. The van der Waals surface area contributed by atoms with Gasteiger partial charge in [-0.15, -0.1) is 0 Å². The first-order valence-electron chi connectivity index (χ1n) is 17.0. The van der Waals surface area contributed by atoms with E-state index in [9.17, 15) is 22.8 Å². The van der Waals surface area contributed by atoms with Gasteiger partial charge in [0.15, 0.2) is 5.03 Å². The largest absolute Gasteiger partial charge is 0.365 e. The number of hydrogen-bond donors (Lipinski definition) is 2. The van der Waals surface area contributed by atoms with Crippen LogP contribution in [0.3, 0.4) is 0 Å². The summed E-state index contributed by atoms with van der Waals surface area (Å²) < 4.78 is 29.2. The van der Waals surface area contributed by atoms with E-state index in [1.807, 2.05) is 85.5 Å². The van der Waals surface area contributed by atoms with E-state index < -0.39 is 21.3 Å². The Morgan fingerprint density at radius 1 is 0.922 bits per heavy atom. The summed E-state index contributed by atoms with van der Waals surface area (Å²) in [6.07, 6.45) is 3.60. The van der Waals surface area contributed by atoms with Crippen LogP contribution in [0.1, 0.15) is 60.8 Å². The highest BCUT2D eigenvalue weighted by atomic mass is 32.2. The minimum Gasteiger partial charge on any atom is -0.365 e. The van der Waals surface area contributed by atoms with Gasteiger partial charge in [0.05, 0.1) is 23.4 Å². The molecule has 0 unspecified atom stereocenters. The number of sulfone groups is 1. The zero-order chi connectivity index (χ0) is 36.3. The molecule has 2 aromatic heterocycles. The normalized spacial score (nSPS) is 17.2. The fraction of sp³-hybridized carbons (Fsp3) is 0.308. The van der Waals surface area contributed by atoms with Crippen molar-refractivity contribution < 1.29 is 22.8 Å². The fourth-order valence-corrected chi connectivity index (χ4v) is 8.44. The van der Waals surface area contributed by atoms with Gasteiger partial charge in [0.1, 0.15) is 17.2 Å². The Bertz CT molecular complexity index is 2100. The molecule has 2 aliphatic heterocycles. The van der Waals surface area contributed by atoms with Gasteiger partial charge in [0.2, 0.25) is 21.7 Å². The Morgan fingerprint density at radius 2 is 1.59 bits per heavy atom. The molecule has 0 spiro atoms. The third-order valence-corrected chi connectivity index (χ3v) is 11.0. The Labute approximate surface area is 298 Å². The van der Waals surface area contributed by atoms with Crippen molar-refractivity contribution in [3.63, 3.8) is 0 Å². The van der Waals surface area contributed by atoms with Gasteiger partial charge >= 0.3 is 0 Å². The second-order valence-electron chi connectivity index (χ2n) is 13.9. The molecule has 0 bridgehead atoms. The summed E-state index contributed by atoms with van der Waals surface area (Å²) >= 11 is 0. The third kappa shape index (κ3) is 7.86. The highest BCUT2D eigenvalue weighted by molar-refractivity contribution is 7.91. The molecule has 3 N–H and O–H groups in total. The van der Waals surface area contributed by atoms with E-state index in [1.54, 1.807) is 4.90 Å². The van der Waals surface area contributed by atoms with E-state index in [4.69, 9.17) is 10.7 Å². The van der Waals surface area contributed by atoms with Crippen molar-refractivity contribution in [1.82, 2.24) is 14.9 Å². The molecule has 1 saturated heterocycles. The van der Waals surface area contributed by atoms with E-state index in [-0.39, 0.29) is 64.2 Å². The molecule has 0 saturated carbocycles. The smallest absolute Gasteiger partial charge is 0.253 e. The molecule has 4 heterocycles. The summed E-state index contributed by atoms with van der Waals surface area (Å²) in [4.78, 5) is 52.1. The molecule has 1 atom stereocenters. The van der Waals surface area contributed by atoms with Crippen LogP contribution < -0.4 is 16.0 Å². The van der Waals surface area contributed by atoms with Crippen molar-refractivity contribution in [1.29, 1.82) is 0 Å². The molecule has 1 fully saturated rings. The summed E-state index contributed by atoms with van der Waals surface area (Å²) in [5.41, 5.74) is 7.99. The maximum atomic E-state index is 14.6. The maximum absolute atomic E-state index is 14.6. The molecular formula is C39H42N6O5S. The van der Waals surface area contributed by atoms with Gasteiger partial charge in [0, 0.05) is 25.2 Å². The van der Waals surface area contributed by atoms with Crippen LogP contribution in [0, 0.1) is 5.92 Å². The minimum atomic E-state index is -4.50. The molecule has 6 rings (SSSR count). The van der Waals surface area contributed by atoms with E-state index in [1.165, 1.54) is 24.3 Å². The predicted octanol–water partition coefficient (Wildman–Crippen LogP) is 5.07. The number of nitrogens with zero attached hydrogens (tertiary/aromatic N) is 4. The lowest BCUT2D eigenvalue weighted by molar-refractivity contribution is -0.130. The lowest BCUT2D eigenvalue weighted by Crippen LogP contribution is -2.41. The fourth-order valence-electron chi connectivity index (χ4n) is 7.01. The number of primary amides is 1. The van der Waals surface area contributed by atoms with Crippen LogP contribution in [0.2, 0.25) is 0 Å².